The van der Waals surface area contributed by atoms with E-state index in [0.717, 1.165) is 23.3 Å². The van der Waals surface area contributed by atoms with Gasteiger partial charge in [0.2, 0.25) is 5.91 Å². The van der Waals surface area contributed by atoms with E-state index in [1.165, 1.54) is 15.6 Å². The SMILES string of the molecule is O=C(Cc1ccc(S(=O)(=O)N2CCCC2)s1)NCc1ccc2c(c1)OCCO2. The first kappa shape index (κ1) is 19.2. The van der Waals surface area contributed by atoms with Crippen LogP contribution in [-0.4, -0.2) is 44.9 Å². The maximum atomic E-state index is 12.6. The number of amides is 1. The topological polar surface area (TPSA) is 84.9 Å². The number of fused-ring (bicyclic) bond motifs is 1. The number of rotatable bonds is 6. The van der Waals surface area contributed by atoms with Gasteiger partial charge in [0, 0.05) is 24.5 Å². The van der Waals surface area contributed by atoms with E-state index in [2.05, 4.69) is 5.32 Å². The lowest BCUT2D eigenvalue weighted by Crippen LogP contribution is -2.27. The van der Waals surface area contributed by atoms with Gasteiger partial charge in [-0.15, -0.1) is 11.3 Å². The molecule has 1 N–H and O–H groups in total. The van der Waals surface area contributed by atoms with Gasteiger partial charge < -0.3 is 14.8 Å². The Balaban J connectivity index is 1.34. The number of carbonyl (C=O) groups excluding carboxylic acids is 1. The molecule has 0 aliphatic carbocycles. The van der Waals surface area contributed by atoms with Crippen molar-refractivity contribution in [2.75, 3.05) is 26.3 Å². The fraction of sp³-hybridized carbons (Fsp3) is 0.421. The summed E-state index contributed by atoms with van der Waals surface area (Å²) in [7, 11) is -3.42. The number of thiophene rings is 1. The molecule has 1 saturated heterocycles. The average Bonchev–Trinajstić information content (AvgIpc) is 3.39. The van der Waals surface area contributed by atoms with Crippen LogP contribution < -0.4 is 14.8 Å². The second kappa shape index (κ2) is 8.10. The molecule has 28 heavy (non-hydrogen) atoms. The van der Waals surface area contributed by atoms with Crippen molar-refractivity contribution in [2.24, 2.45) is 0 Å². The van der Waals surface area contributed by atoms with E-state index in [-0.39, 0.29) is 12.3 Å². The van der Waals surface area contributed by atoms with E-state index in [1.807, 2.05) is 18.2 Å². The van der Waals surface area contributed by atoms with E-state index < -0.39 is 10.0 Å². The van der Waals surface area contributed by atoms with E-state index in [9.17, 15) is 13.2 Å². The Bertz CT molecular complexity index is 964. The van der Waals surface area contributed by atoms with Crippen LogP contribution in [0.3, 0.4) is 0 Å². The number of ether oxygens (including phenoxy) is 2. The third-order valence-electron chi connectivity index (χ3n) is 4.73. The Morgan fingerprint density at radius 3 is 2.61 bits per heavy atom. The predicted molar refractivity (Wildman–Crippen MR) is 105 cm³/mol. The Morgan fingerprint density at radius 2 is 1.82 bits per heavy atom. The fourth-order valence-corrected chi connectivity index (χ4v) is 6.29. The first-order valence-corrected chi connectivity index (χ1v) is 11.5. The van der Waals surface area contributed by atoms with Crippen LogP contribution in [0.4, 0.5) is 0 Å². The molecule has 1 amide bonds. The van der Waals surface area contributed by atoms with Crippen LogP contribution in [-0.2, 0) is 27.8 Å². The van der Waals surface area contributed by atoms with E-state index in [1.54, 1.807) is 12.1 Å². The fourth-order valence-electron chi connectivity index (χ4n) is 3.27. The summed E-state index contributed by atoms with van der Waals surface area (Å²) in [6.07, 6.45) is 1.96. The number of carbonyl (C=O) groups is 1. The molecule has 4 rings (SSSR count). The second-order valence-electron chi connectivity index (χ2n) is 6.76. The van der Waals surface area contributed by atoms with Crippen molar-refractivity contribution < 1.29 is 22.7 Å². The highest BCUT2D eigenvalue weighted by atomic mass is 32.2. The highest BCUT2D eigenvalue weighted by Gasteiger charge is 2.28. The van der Waals surface area contributed by atoms with Gasteiger partial charge in [0.05, 0.1) is 6.42 Å². The number of benzene rings is 1. The summed E-state index contributed by atoms with van der Waals surface area (Å²) >= 11 is 1.17. The van der Waals surface area contributed by atoms with E-state index in [4.69, 9.17) is 9.47 Å². The molecule has 7 nitrogen and oxygen atoms in total. The monoisotopic (exact) mass is 422 g/mol. The third-order valence-corrected chi connectivity index (χ3v) is 8.18. The lowest BCUT2D eigenvalue weighted by atomic mass is 10.2. The van der Waals surface area contributed by atoms with Gasteiger partial charge in [-0.2, -0.15) is 4.31 Å². The summed E-state index contributed by atoms with van der Waals surface area (Å²) in [5, 5.41) is 2.87. The molecule has 150 valence electrons. The summed E-state index contributed by atoms with van der Waals surface area (Å²) in [5.41, 5.74) is 0.918. The molecular formula is C19H22N2O5S2. The Kier molecular flexibility index (Phi) is 5.56. The van der Waals surface area contributed by atoms with Crippen LogP contribution in [0.2, 0.25) is 0 Å². The van der Waals surface area contributed by atoms with Gasteiger partial charge in [-0.3, -0.25) is 4.79 Å². The highest BCUT2D eigenvalue weighted by Crippen LogP contribution is 2.31. The maximum absolute atomic E-state index is 12.6. The zero-order valence-corrected chi connectivity index (χ0v) is 17.0. The largest absolute Gasteiger partial charge is 0.486 e. The van der Waals surface area contributed by atoms with Crippen LogP contribution in [0.1, 0.15) is 23.3 Å². The first-order chi connectivity index (χ1) is 13.5. The number of hydrogen-bond donors (Lipinski definition) is 1. The molecule has 1 aromatic heterocycles. The summed E-state index contributed by atoms with van der Waals surface area (Å²) in [4.78, 5) is 13.0. The first-order valence-electron chi connectivity index (χ1n) is 9.26. The standard InChI is InChI=1S/C19H22N2O5S2/c22-18(20-13-14-3-5-16-17(11-14)26-10-9-25-16)12-15-4-6-19(27-15)28(23,24)21-7-1-2-8-21/h3-6,11H,1-2,7-10,12-13H2,(H,20,22). The molecule has 0 bridgehead atoms. The van der Waals surface area contributed by atoms with Crippen LogP contribution in [0.15, 0.2) is 34.5 Å². The number of nitrogens with zero attached hydrogens (tertiary/aromatic N) is 1. The van der Waals surface area contributed by atoms with Crippen LogP contribution in [0, 0.1) is 0 Å². The zero-order valence-electron chi connectivity index (χ0n) is 15.3. The van der Waals surface area contributed by atoms with Gasteiger partial charge in [-0.05, 0) is 42.7 Å². The van der Waals surface area contributed by atoms with E-state index in [0.29, 0.717) is 48.6 Å². The molecule has 0 radical (unpaired) electrons. The minimum Gasteiger partial charge on any atom is -0.486 e. The minimum absolute atomic E-state index is 0.151. The molecule has 0 spiro atoms. The quantitative estimate of drug-likeness (QED) is 0.771. The smallest absolute Gasteiger partial charge is 0.252 e. The van der Waals surface area contributed by atoms with Gasteiger partial charge in [0.15, 0.2) is 11.5 Å². The van der Waals surface area contributed by atoms with Crippen LogP contribution >= 0.6 is 11.3 Å². The van der Waals surface area contributed by atoms with Gasteiger partial charge in [0.1, 0.15) is 17.4 Å². The molecule has 9 heteroatoms. The van der Waals surface area contributed by atoms with Crippen molar-refractivity contribution in [2.45, 2.75) is 30.0 Å². The van der Waals surface area contributed by atoms with Crippen molar-refractivity contribution in [3.05, 3.63) is 40.8 Å². The summed E-state index contributed by atoms with van der Waals surface area (Å²) < 4.78 is 38.0. The maximum Gasteiger partial charge on any atom is 0.252 e. The molecule has 2 aliphatic rings. The van der Waals surface area contributed by atoms with Crippen molar-refractivity contribution in [3.63, 3.8) is 0 Å². The Morgan fingerprint density at radius 1 is 1.07 bits per heavy atom. The van der Waals surface area contributed by atoms with Crippen LogP contribution in [0.5, 0.6) is 11.5 Å². The second-order valence-corrected chi connectivity index (χ2v) is 10.1. The molecule has 2 aromatic rings. The Labute approximate surface area is 168 Å². The Hall–Kier alpha value is -2.10. The molecule has 0 atom stereocenters. The minimum atomic E-state index is -3.42. The molecular weight excluding hydrogens is 400 g/mol. The van der Waals surface area contributed by atoms with Crippen molar-refractivity contribution in [3.8, 4) is 11.5 Å². The predicted octanol–water partition coefficient (Wildman–Crippen LogP) is 2.16. The molecule has 0 unspecified atom stereocenters. The summed E-state index contributed by atoms with van der Waals surface area (Å²) in [6, 6.07) is 8.91. The van der Waals surface area contributed by atoms with Crippen molar-refractivity contribution in [1.82, 2.24) is 9.62 Å². The third kappa shape index (κ3) is 4.16. The zero-order chi connectivity index (χ0) is 19.6. The lowest BCUT2D eigenvalue weighted by molar-refractivity contribution is -0.120. The van der Waals surface area contributed by atoms with Gasteiger partial charge >= 0.3 is 0 Å². The van der Waals surface area contributed by atoms with Gasteiger partial charge in [0.25, 0.3) is 10.0 Å². The molecule has 1 aromatic carbocycles. The number of nitrogens with one attached hydrogen (secondary N) is 1. The molecule has 3 heterocycles. The van der Waals surface area contributed by atoms with Crippen molar-refractivity contribution >= 4 is 27.3 Å². The summed E-state index contributed by atoms with van der Waals surface area (Å²) in [6.45, 7) is 2.58. The highest BCUT2D eigenvalue weighted by molar-refractivity contribution is 7.91. The number of hydrogen-bond acceptors (Lipinski definition) is 6. The normalized spacial score (nSPS) is 16.9. The van der Waals surface area contributed by atoms with Crippen molar-refractivity contribution in [1.29, 1.82) is 0 Å². The van der Waals surface area contributed by atoms with Gasteiger partial charge in [-0.25, -0.2) is 8.42 Å². The average molecular weight is 423 g/mol. The molecule has 1 fully saturated rings. The number of sulfonamides is 1. The lowest BCUT2D eigenvalue weighted by Gasteiger charge is -2.18. The van der Waals surface area contributed by atoms with Crippen LogP contribution in [0.25, 0.3) is 0 Å². The molecule has 2 aliphatic heterocycles. The van der Waals surface area contributed by atoms with E-state index >= 15 is 0 Å². The summed E-state index contributed by atoms with van der Waals surface area (Å²) in [5.74, 6) is 1.25. The van der Waals surface area contributed by atoms with Gasteiger partial charge in [-0.1, -0.05) is 6.07 Å². The molecule has 0 saturated carbocycles.